The van der Waals surface area contributed by atoms with E-state index in [-0.39, 0.29) is 17.5 Å². The van der Waals surface area contributed by atoms with Gasteiger partial charge >= 0.3 is 0 Å². The third kappa shape index (κ3) is 4.52. The van der Waals surface area contributed by atoms with Crippen molar-refractivity contribution in [3.63, 3.8) is 0 Å². The van der Waals surface area contributed by atoms with Crippen molar-refractivity contribution in [3.05, 3.63) is 18.0 Å². The molecule has 0 spiro atoms. The van der Waals surface area contributed by atoms with Crippen molar-refractivity contribution in [2.24, 2.45) is 0 Å². The van der Waals surface area contributed by atoms with Gasteiger partial charge in [0.2, 0.25) is 10.0 Å². The molecule has 0 aromatic carbocycles. The summed E-state index contributed by atoms with van der Waals surface area (Å²) in [5.74, 6) is 0.918. The number of hydrogen-bond acceptors (Lipinski definition) is 4. The number of aromatic nitrogens is 1. The zero-order valence-corrected chi connectivity index (χ0v) is 13.2. The second-order valence-electron chi connectivity index (χ2n) is 4.42. The van der Waals surface area contributed by atoms with Crippen LogP contribution in [0.1, 0.15) is 26.0 Å². The summed E-state index contributed by atoms with van der Waals surface area (Å²) in [4.78, 5) is 0.217. The third-order valence-electron chi connectivity index (χ3n) is 2.89. The molecule has 0 aliphatic heterocycles. The van der Waals surface area contributed by atoms with Crippen molar-refractivity contribution in [3.8, 4) is 0 Å². The summed E-state index contributed by atoms with van der Waals surface area (Å²) in [7, 11) is -3.50. The molecule has 0 saturated heterocycles. The SMILES string of the molecule is CCn1cc(S(=O)(=O)NC(C)CCSC)cc1CO. The quantitative estimate of drug-likeness (QED) is 0.762. The Bertz CT molecular complexity index is 476. The Kier molecular flexibility index (Phi) is 6.38. The average Bonchev–Trinajstić information content (AvgIpc) is 2.79. The van der Waals surface area contributed by atoms with Gasteiger partial charge in [0.1, 0.15) is 0 Å². The maximum Gasteiger partial charge on any atom is 0.242 e. The van der Waals surface area contributed by atoms with E-state index in [2.05, 4.69) is 4.72 Å². The normalized spacial score (nSPS) is 13.7. The Morgan fingerprint density at radius 3 is 2.68 bits per heavy atom. The smallest absolute Gasteiger partial charge is 0.242 e. The number of hydrogen-bond donors (Lipinski definition) is 2. The monoisotopic (exact) mass is 306 g/mol. The minimum atomic E-state index is -3.50. The van der Waals surface area contributed by atoms with Crippen molar-refractivity contribution in [1.82, 2.24) is 9.29 Å². The molecule has 0 aliphatic carbocycles. The van der Waals surface area contributed by atoms with E-state index in [1.807, 2.05) is 20.1 Å². The summed E-state index contributed by atoms with van der Waals surface area (Å²) in [5.41, 5.74) is 0.611. The highest BCUT2D eigenvalue weighted by atomic mass is 32.2. The van der Waals surface area contributed by atoms with Crippen LogP contribution in [0.15, 0.2) is 17.2 Å². The zero-order chi connectivity index (χ0) is 14.5. The largest absolute Gasteiger partial charge is 0.390 e. The number of nitrogens with zero attached hydrogens (tertiary/aromatic N) is 1. The van der Waals surface area contributed by atoms with Gasteiger partial charge in [0.15, 0.2) is 0 Å². The van der Waals surface area contributed by atoms with Crippen molar-refractivity contribution in [2.75, 3.05) is 12.0 Å². The molecule has 1 rings (SSSR count). The van der Waals surface area contributed by atoms with Gasteiger partial charge in [-0.05, 0) is 38.3 Å². The molecule has 0 amide bonds. The molecular weight excluding hydrogens is 284 g/mol. The molecule has 110 valence electrons. The Morgan fingerprint density at radius 1 is 1.53 bits per heavy atom. The first-order valence-corrected chi connectivity index (χ1v) is 9.13. The third-order valence-corrected chi connectivity index (χ3v) is 5.09. The van der Waals surface area contributed by atoms with Gasteiger partial charge in [0.25, 0.3) is 0 Å². The van der Waals surface area contributed by atoms with Crippen molar-refractivity contribution in [2.45, 2.75) is 44.4 Å². The number of aliphatic hydroxyl groups is 1. The average molecular weight is 306 g/mol. The fourth-order valence-electron chi connectivity index (χ4n) is 1.79. The number of aliphatic hydroxyl groups excluding tert-OH is 1. The van der Waals surface area contributed by atoms with Crippen LogP contribution in [-0.2, 0) is 23.2 Å². The van der Waals surface area contributed by atoms with E-state index < -0.39 is 10.0 Å². The second kappa shape index (κ2) is 7.33. The van der Waals surface area contributed by atoms with E-state index in [0.717, 1.165) is 12.2 Å². The molecule has 0 fully saturated rings. The lowest BCUT2D eigenvalue weighted by Crippen LogP contribution is -2.32. The molecule has 0 aliphatic rings. The molecule has 1 aromatic rings. The topological polar surface area (TPSA) is 71.3 Å². The number of rotatable bonds is 8. The number of sulfonamides is 1. The Morgan fingerprint density at radius 2 is 2.21 bits per heavy atom. The Hall–Kier alpha value is -0.500. The van der Waals surface area contributed by atoms with Gasteiger partial charge in [-0.3, -0.25) is 0 Å². The van der Waals surface area contributed by atoms with E-state index in [0.29, 0.717) is 12.2 Å². The van der Waals surface area contributed by atoms with E-state index in [1.165, 1.54) is 6.07 Å². The molecule has 5 nitrogen and oxygen atoms in total. The van der Waals surface area contributed by atoms with Crippen LogP contribution in [-0.4, -0.2) is 36.1 Å². The lowest BCUT2D eigenvalue weighted by molar-refractivity contribution is 0.271. The number of thioether (sulfide) groups is 1. The first kappa shape index (κ1) is 16.6. The molecule has 19 heavy (non-hydrogen) atoms. The van der Waals surface area contributed by atoms with Crippen molar-refractivity contribution in [1.29, 1.82) is 0 Å². The zero-order valence-electron chi connectivity index (χ0n) is 11.6. The molecule has 0 radical (unpaired) electrons. The summed E-state index contributed by atoms with van der Waals surface area (Å²) in [5, 5.41) is 9.19. The lowest BCUT2D eigenvalue weighted by atomic mass is 10.3. The fraction of sp³-hybridized carbons (Fsp3) is 0.667. The Balaban J connectivity index is 2.85. The van der Waals surface area contributed by atoms with Crippen LogP contribution in [0, 0.1) is 0 Å². The predicted octanol–water partition coefficient (Wildman–Crippen LogP) is 1.42. The van der Waals surface area contributed by atoms with Crippen molar-refractivity contribution < 1.29 is 13.5 Å². The van der Waals surface area contributed by atoms with Crippen molar-refractivity contribution >= 4 is 21.8 Å². The maximum atomic E-state index is 12.2. The fourth-order valence-corrected chi connectivity index (χ4v) is 3.72. The molecular formula is C12H22N2O3S2. The molecule has 1 aromatic heterocycles. The standard InChI is InChI=1S/C12H22N2O3S2/c1-4-14-8-12(7-11(14)9-15)19(16,17)13-10(2)5-6-18-3/h7-8,10,13,15H,4-6,9H2,1-3H3. The van der Waals surface area contributed by atoms with Gasteiger partial charge in [-0.25, -0.2) is 13.1 Å². The number of nitrogens with one attached hydrogen (secondary N) is 1. The second-order valence-corrected chi connectivity index (χ2v) is 7.11. The van der Waals surface area contributed by atoms with E-state index >= 15 is 0 Å². The van der Waals surface area contributed by atoms with E-state index in [4.69, 9.17) is 0 Å². The Labute approximate surface area is 119 Å². The summed E-state index contributed by atoms with van der Waals surface area (Å²) < 4.78 is 28.8. The summed E-state index contributed by atoms with van der Waals surface area (Å²) >= 11 is 1.69. The number of aryl methyl sites for hydroxylation is 1. The minimum absolute atomic E-state index is 0.0972. The summed E-state index contributed by atoms with van der Waals surface area (Å²) in [6.45, 7) is 4.24. The van der Waals surface area contributed by atoms with Gasteiger partial charge in [-0.1, -0.05) is 0 Å². The highest BCUT2D eigenvalue weighted by molar-refractivity contribution is 7.98. The van der Waals surface area contributed by atoms with Crippen LogP contribution in [0.5, 0.6) is 0 Å². The van der Waals surface area contributed by atoms with Gasteiger partial charge in [0, 0.05) is 24.5 Å². The minimum Gasteiger partial charge on any atom is -0.390 e. The van der Waals surface area contributed by atoms with Crippen LogP contribution in [0.4, 0.5) is 0 Å². The summed E-state index contributed by atoms with van der Waals surface area (Å²) in [6, 6.07) is 1.42. The highest BCUT2D eigenvalue weighted by Crippen LogP contribution is 2.15. The molecule has 1 unspecified atom stereocenters. The predicted molar refractivity (Wildman–Crippen MR) is 78.8 cm³/mol. The van der Waals surface area contributed by atoms with Gasteiger partial charge in [0.05, 0.1) is 11.5 Å². The molecule has 1 atom stereocenters. The van der Waals surface area contributed by atoms with Gasteiger partial charge in [-0.15, -0.1) is 0 Å². The van der Waals surface area contributed by atoms with E-state index in [1.54, 1.807) is 22.5 Å². The van der Waals surface area contributed by atoms with Crippen LogP contribution in [0.2, 0.25) is 0 Å². The molecule has 0 saturated carbocycles. The molecule has 2 N–H and O–H groups in total. The molecule has 7 heteroatoms. The first-order valence-electron chi connectivity index (χ1n) is 6.25. The first-order chi connectivity index (χ1) is 8.94. The molecule has 1 heterocycles. The van der Waals surface area contributed by atoms with Crippen LogP contribution in [0.3, 0.4) is 0 Å². The van der Waals surface area contributed by atoms with Crippen LogP contribution >= 0.6 is 11.8 Å². The van der Waals surface area contributed by atoms with E-state index in [9.17, 15) is 13.5 Å². The van der Waals surface area contributed by atoms with Gasteiger partial charge in [-0.2, -0.15) is 11.8 Å². The molecule has 0 bridgehead atoms. The van der Waals surface area contributed by atoms with Crippen LogP contribution in [0.25, 0.3) is 0 Å². The highest BCUT2D eigenvalue weighted by Gasteiger charge is 2.20. The maximum absolute atomic E-state index is 12.2. The van der Waals surface area contributed by atoms with Gasteiger partial charge < -0.3 is 9.67 Å². The lowest BCUT2D eigenvalue weighted by Gasteiger charge is -2.12. The summed E-state index contributed by atoms with van der Waals surface area (Å²) in [6.07, 6.45) is 4.35. The van der Waals surface area contributed by atoms with Crippen LogP contribution < -0.4 is 4.72 Å².